The fraction of sp³-hybridized carbons (Fsp3) is 0.312. The van der Waals surface area contributed by atoms with Crippen LogP contribution in [0.1, 0.15) is 18.5 Å². The smallest absolute Gasteiger partial charge is 0.181 e. The summed E-state index contributed by atoms with van der Waals surface area (Å²) in [4.78, 5) is 15.4. The molecule has 0 radical (unpaired) electrons. The molecule has 0 aliphatic heterocycles. The van der Waals surface area contributed by atoms with Gasteiger partial charge in [0.1, 0.15) is 5.52 Å². The van der Waals surface area contributed by atoms with Crippen molar-refractivity contribution in [2.45, 2.75) is 13.0 Å². The highest BCUT2D eigenvalue weighted by atomic mass is 15.1. The highest BCUT2D eigenvalue weighted by Crippen LogP contribution is 2.22. The van der Waals surface area contributed by atoms with Crippen LogP contribution >= 0.6 is 0 Å². The molecule has 1 atom stereocenters. The minimum Gasteiger partial charge on any atom is -0.331 e. The van der Waals surface area contributed by atoms with Crippen molar-refractivity contribution in [2.75, 3.05) is 14.1 Å². The molecule has 1 unspecified atom stereocenters. The third-order valence-electron chi connectivity index (χ3n) is 3.91. The first-order valence-corrected chi connectivity index (χ1v) is 6.97. The van der Waals surface area contributed by atoms with Gasteiger partial charge in [-0.3, -0.25) is 0 Å². The number of benzene rings is 1. The molecule has 3 aromatic rings. The Bertz CT molecular complexity index is 758. The van der Waals surface area contributed by atoms with Gasteiger partial charge in [-0.05, 0) is 26.6 Å². The molecule has 3 rings (SSSR count). The Labute approximate surface area is 124 Å². The lowest BCUT2D eigenvalue weighted by Gasteiger charge is -2.20. The summed E-state index contributed by atoms with van der Waals surface area (Å²) in [5, 5.41) is 0. The van der Waals surface area contributed by atoms with E-state index in [1.807, 2.05) is 17.8 Å². The maximum absolute atomic E-state index is 4.52. The molecule has 0 N–H and O–H groups in total. The van der Waals surface area contributed by atoms with Gasteiger partial charge in [0.05, 0.1) is 12.5 Å². The zero-order chi connectivity index (χ0) is 15.0. The highest BCUT2D eigenvalue weighted by molar-refractivity contribution is 5.72. The van der Waals surface area contributed by atoms with E-state index >= 15 is 0 Å². The second kappa shape index (κ2) is 5.26. The molecule has 0 saturated carbocycles. The quantitative estimate of drug-likeness (QED) is 0.740. The first-order chi connectivity index (χ1) is 10.1. The first-order valence-electron chi connectivity index (χ1n) is 6.97. The zero-order valence-electron chi connectivity index (χ0n) is 12.8. The number of fused-ring (bicyclic) bond motifs is 1. The molecular weight excluding hydrogens is 262 g/mol. The summed E-state index contributed by atoms with van der Waals surface area (Å²) in [5.74, 6) is 0.713. The Hall–Kier alpha value is -2.27. The number of hydrogen-bond acceptors (Lipinski definition) is 4. The van der Waals surface area contributed by atoms with Crippen LogP contribution in [0, 0.1) is 0 Å². The van der Waals surface area contributed by atoms with E-state index in [0.717, 1.165) is 16.7 Å². The standard InChI is InChI=1S/C16H19N5/c1-11(20(2)3)12-5-7-13(8-6-12)15-17-9-14-16(19-15)18-10-21(14)4/h5-11H,1-4H3. The maximum Gasteiger partial charge on any atom is 0.181 e. The Morgan fingerprint density at radius 1 is 1.10 bits per heavy atom. The van der Waals surface area contributed by atoms with Crippen molar-refractivity contribution in [3.05, 3.63) is 42.4 Å². The average Bonchev–Trinajstić information content (AvgIpc) is 2.87. The van der Waals surface area contributed by atoms with E-state index in [9.17, 15) is 0 Å². The van der Waals surface area contributed by atoms with Gasteiger partial charge in [-0.2, -0.15) is 0 Å². The van der Waals surface area contributed by atoms with Crippen molar-refractivity contribution in [1.82, 2.24) is 24.4 Å². The molecule has 2 heterocycles. The lowest BCUT2D eigenvalue weighted by atomic mass is 10.1. The summed E-state index contributed by atoms with van der Waals surface area (Å²) in [6.45, 7) is 2.19. The number of aryl methyl sites for hydroxylation is 1. The van der Waals surface area contributed by atoms with Gasteiger partial charge in [-0.1, -0.05) is 24.3 Å². The van der Waals surface area contributed by atoms with Gasteiger partial charge in [0.2, 0.25) is 0 Å². The molecule has 0 bridgehead atoms. The van der Waals surface area contributed by atoms with Gasteiger partial charge < -0.3 is 9.47 Å². The molecule has 0 amide bonds. The van der Waals surface area contributed by atoms with Crippen molar-refractivity contribution >= 4 is 11.2 Å². The maximum atomic E-state index is 4.52. The molecule has 0 spiro atoms. The molecule has 0 aliphatic carbocycles. The number of rotatable bonds is 3. The van der Waals surface area contributed by atoms with Crippen LogP contribution in [0.2, 0.25) is 0 Å². The monoisotopic (exact) mass is 281 g/mol. The largest absolute Gasteiger partial charge is 0.331 e. The van der Waals surface area contributed by atoms with Crippen molar-refractivity contribution in [3.8, 4) is 11.4 Å². The summed E-state index contributed by atoms with van der Waals surface area (Å²) in [6.07, 6.45) is 3.58. The van der Waals surface area contributed by atoms with E-state index in [-0.39, 0.29) is 0 Å². The minimum atomic E-state index is 0.387. The van der Waals surface area contributed by atoms with Crippen LogP contribution in [0.5, 0.6) is 0 Å². The predicted molar refractivity (Wildman–Crippen MR) is 83.8 cm³/mol. The van der Waals surface area contributed by atoms with E-state index in [2.05, 4.69) is 65.1 Å². The van der Waals surface area contributed by atoms with Gasteiger partial charge in [0.15, 0.2) is 11.5 Å². The molecule has 5 nitrogen and oxygen atoms in total. The van der Waals surface area contributed by atoms with Crippen LogP contribution in [0.25, 0.3) is 22.6 Å². The molecule has 0 saturated heterocycles. The fourth-order valence-corrected chi connectivity index (χ4v) is 2.26. The van der Waals surface area contributed by atoms with Gasteiger partial charge in [-0.15, -0.1) is 0 Å². The summed E-state index contributed by atoms with van der Waals surface area (Å²) >= 11 is 0. The Morgan fingerprint density at radius 3 is 2.48 bits per heavy atom. The number of nitrogens with zero attached hydrogens (tertiary/aromatic N) is 5. The molecule has 5 heteroatoms. The predicted octanol–water partition coefficient (Wildman–Crippen LogP) is 2.65. The van der Waals surface area contributed by atoms with Crippen LogP contribution in [0.4, 0.5) is 0 Å². The lowest BCUT2D eigenvalue weighted by molar-refractivity contribution is 0.321. The Kier molecular flexibility index (Phi) is 3.43. The van der Waals surface area contributed by atoms with Crippen LogP contribution in [0.15, 0.2) is 36.8 Å². The molecule has 0 aliphatic rings. The van der Waals surface area contributed by atoms with Gasteiger partial charge in [-0.25, -0.2) is 15.0 Å². The van der Waals surface area contributed by atoms with Crippen molar-refractivity contribution in [3.63, 3.8) is 0 Å². The Balaban J connectivity index is 1.95. The van der Waals surface area contributed by atoms with Crippen LogP contribution in [-0.4, -0.2) is 38.5 Å². The molecule has 21 heavy (non-hydrogen) atoms. The van der Waals surface area contributed by atoms with Crippen LogP contribution < -0.4 is 0 Å². The second-order valence-corrected chi connectivity index (χ2v) is 5.52. The van der Waals surface area contributed by atoms with E-state index in [1.165, 1.54) is 5.56 Å². The van der Waals surface area contributed by atoms with E-state index < -0.39 is 0 Å². The van der Waals surface area contributed by atoms with Gasteiger partial charge in [0, 0.05) is 18.7 Å². The summed E-state index contributed by atoms with van der Waals surface area (Å²) in [5.41, 5.74) is 3.96. The third kappa shape index (κ3) is 2.52. The molecule has 2 aromatic heterocycles. The summed E-state index contributed by atoms with van der Waals surface area (Å²) in [7, 11) is 6.10. The normalized spacial score (nSPS) is 13.0. The summed E-state index contributed by atoms with van der Waals surface area (Å²) < 4.78 is 1.92. The van der Waals surface area contributed by atoms with Crippen LogP contribution in [0.3, 0.4) is 0 Å². The average molecular weight is 281 g/mol. The van der Waals surface area contributed by atoms with Crippen molar-refractivity contribution in [2.24, 2.45) is 7.05 Å². The molecule has 108 valence electrons. The van der Waals surface area contributed by atoms with Crippen LogP contribution in [-0.2, 0) is 7.05 Å². The zero-order valence-corrected chi connectivity index (χ0v) is 12.8. The fourth-order valence-electron chi connectivity index (χ4n) is 2.26. The third-order valence-corrected chi connectivity index (χ3v) is 3.91. The van der Waals surface area contributed by atoms with E-state index in [0.29, 0.717) is 11.9 Å². The highest BCUT2D eigenvalue weighted by Gasteiger charge is 2.09. The minimum absolute atomic E-state index is 0.387. The van der Waals surface area contributed by atoms with Gasteiger partial charge in [0.25, 0.3) is 0 Å². The number of imidazole rings is 1. The van der Waals surface area contributed by atoms with Gasteiger partial charge >= 0.3 is 0 Å². The molecular formula is C16H19N5. The number of aromatic nitrogens is 4. The van der Waals surface area contributed by atoms with Crippen molar-refractivity contribution in [1.29, 1.82) is 0 Å². The van der Waals surface area contributed by atoms with E-state index in [1.54, 1.807) is 6.33 Å². The second-order valence-electron chi connectivity index (χ2n) is 5.52. The molecule has 1 aromatic carbocycles. The molecule has 0 fully saturated rings. The van der Waals surface area contributed by atoms with Crippen molar-refractivity contribution < 1.29 is 0 Å². The topological polar surface area (TPSA) is 46.8 Å². The number of hydrogen-bond donors (Lipinski definition) is 0. The first kappa shape index (κ1) is 13.7. The van der Waals surface area contributed by atoms with E-state index in [4.69, 9.17) is 0 Å². The lowest BCUT2D eigenvalue weighted by Crippen LogP contribution is -2.16. The SMILES string of the molecule is CC(c1ccc(-c2ncc3c(ncn3C)n2)cc1)N(C)C. The summed E-state index contributed by atoms with van der Waals surface area (Å²) in [6, 6.07) is 8.79. The Morgan fingerprint density at radius 2 is 1.81 bits per heavy atom.